The quantitative estimate of drug-likeness (QED) is 0.601. The standard InChI is InChI=1S/C22H26ClFN2O4S/c1-16-5-2-3-8-21(16)30-14-11-25-22(27)17-9-12-26(13-10-17)31(28,29)15-18-19(23)6-4-7-20(18)24/h2-8,17H,9-15H2,1H3,(H,25,27). The molecule has 0 bridgehead atoms. The van der Waals surface area contributed by atoms with Crippen LogP contribution >= 0.6 is 11.6 Å². The number of para-hydroxylation sites is 1. The Morgan fingerprint density at radius 1 is 1.19 bits per heavy atom. The molecule has 0 unspecified atom stereocenters. The van der Waals surface area contributed by atoms with Gasteiger partial charge in [-0.25, -0.2) is 17.1 Å². The number of nitrogens with one attached hydrogen (secondary N) is 1. The minimum atomic E-state index is -3.73. The van der Waals surface area contributed by atoms with Crippen molar-refractivity contribution in [2.45, 2.75) is 25.5 Å². The second-order valence-corrected chi connectivity index (χ2v) is 9.91. The largest absolute Gasteiger partial charge is 0.491 e. The fraction of sp³-hybridized carbons (Fsp3) is 0.409. The van der Waals surface area contributed by atoms with Gasteiger partial charge in [0.2, 0.25) is 15.9 Å². The summed E-state index contributed by atoms with van der Waals surface area (Å²) in [6, 6.07) is 11.7. The van der Waals surface area contributed by atoms with Crippen LogP contribution in [0.5, 0.6) is 5.75 Å². The Morgan fingerprint density at radius 3 is 2.58 bits per heavy atom. The van der Waals surface area contributed by atoms with Gasteiger partial charge in [-0.2, -0.15) is 0 Å². The van der Waals surface area contributed by atoms with Crippen LogP contribution in [0.2, 0.25) is 5.02 Å². The Morgan fingerprint density at radius 2 is 1.90 bits per heavy atom. The monoisotopic (exact) mass is 468 g/mol. The van der Waals surface area contributed by atoms with Gasteiger partial charge in [-0.1, -0.05) is 35.9 Å². The van der Waals surface area contributed by atoms with Crippen molar-refractivity contribution in [2.24, 2.45) is 5.92 Å². The van der Waals surface area contributed by atoms with Gasteiger partial charge >= 0.3 is 0 Å². The highest BCUT2D eigenvalue weighted by Gasteiger charge is 2.32. The van der Waals surface area contributed by atoms with Crippen molar-refractivity contribution < 1.29 is 22.3 Å². The minimum Gasteiger partial charge on any atom is -0.491 e. The summed E-state index contributed by atoms with van der Waals surface area (Å²) in [4.78, 5) is 12.4. The highest BCUT2D eigenvalue weighted by atomic mass is 35.5. The summed E-state index contributed by atoms with van der Waals surface area (Å²) < 4.78 is 46.3. The lowest BCUT2D eigenvalue weighted by molar-refractivity contribution is -0.126. The predicted molar refractivity (Wildman–Crippen MR) is 118 cm³/mol. The molecule has 0 atom stereocenters. The van der Waals surface area contributed by atoms with Crippen molar-refractivity contribution in [2.75, 3.05) is 26.2 Å². The number of carbonyl (C=O) groups is 1. The van der Waals surface area contributed by atoms with Gasteiger partial charge in [0.1, 0.15) is 18.2 Å². The molecule has 0 radical (unpaired) electrons. The summed E-state index contributed by atoms with van der Waals surface area (Å²) in [5.41, 5.74) is 0.997. The van der Waals surface area contributed by atoms with E-state index in [1.807, 2.05) is 31.2 Å². The van der Waals surface area contributed by atoms with Crippen molar-refractivity contribution in [1.29, 1.82) is 0 Å². The van der Waals surface area contributed by atoms with E-state index >= 15 is 0 Å². The zero-order valence-electron chi connectivity index (χ0n) is 17.3. The third-order valence-electron chi connectivity index (χ3n) is 5.36. The number of aryl methyl sites for hydroxylation is 1. The van der Waals surface area contributed by atoms with Gasteiger partial charge in [-0.05, 0) is 43.5 Å². The van der Waals surface area contributed by atoms with Crippen molar-refractivity contribution in [3.63, 3.8) is 0 Å². The summed E-state index contributed by atoms with van der Waals surface area (Å²) in [6.45, 7) is 3.11. The predicted octanol–water partition coefficient (Wildman–Crippen LogP) is 3.52. The molecule has 31 heavy (non-hydrogen) atoms. The molecule has 1 fully saturated rings. The van der Waals surface area contributed by atoms with E-state index in [1.165, 1.54) is 22.5 Å². The molecule has 1 amide bonds. The number of halogens is 2. The summed E-state index contributed by atoms with van der Waals surface area (Å²) in [5, 5.41) is 2.94. The molecule has 6 nitrogen and oxygen atoms in total. The number of sulfonamides is 1. The lowest BCUT2D eigenvalue weighted by Gasteiger charge is -2.30. The van der Waals surface area contributed by atoms with E-state index in [4.69, 9.17) is 16.3 Å². The van der Waals surface area contributed by atoms with Gasteiger partial charge in [-0.3, -0.25) is 4.79 Å². The first-order chi connectivity index (χ1) is 14.8. The second-order valence-electron chi connectivity index (χ2n) is 7.53. The van der Waals surface area contributed by atoms with Crippen LogP contribution in [0, 0.1) is 18.7 Å². The maximum Gasteiger partial charge on any atom is 0.223 e. The van der Waals surface area contributed by atoms with Gasteiger partial charge in [-0.15, -0.1) is 0 Å². The summed E-state index contributed by atoms with van der Waals surface area (Å²) in [7, 11) is -3.73. The van der Waals surface area contributed by atoms with Crippen LogP contribution in [-0.2, 0) is 20.6 Å². The molecule has 168 valence electrons. The molecule has 0 aromatic heterocycles. The number of rotatable bonds is 8. The molecular weight excluding hydrogens is 443 g/mol. The molecule has 1 heterocycles. The normalized spacial score (nSPS) is 15.6. The molecular formula is C22H26ClFN2O4S. The van der Waals surface area contributed by atoms with E-state index in [1.54, 1.807) is 0 Å². The third-order valence-corrected chi connectivity index (χ3v) is 7.52. The zero-order chi connectivity index (χ0) is 22.4. The average Bonchev–Trinajstić information content (AvgIpc) is 2.75. The highest BCUT2D eigenvalue weighted by molar-refractivity contribution is 7.88. The Bertz CT molecular complexity index is 1000. The van der Waals surface area contributed by atoms with Crippen LogP contribution in [0.1, 0.15) is 24.0 Å². The van der Waals surface area contributed by atoms with Crippen LogP contribution < -0.4 is 10.1 Å². The number of hydrogen-bond acceptors (Lipinski definition) is 4. The van der Waals surface area contributed by atoms with E-state index in [0.29, 0.717) is 26.0 Å². The molecule has 1 aliphatic rings. The molecule has 0 aliphatic carbocycles. The van der Waals surface area contributed by atoms with Crippen molar-refractivity contribution >= 4 is 27.5 Å². The molecule has 9 heteroatoms. The van der Waals surface area contributed by atoms with Gasteiger partial charge in [0, 0.05) is 29.6 Å². The van der Waals surface area contributed by atoms with Gasteiger partial charge < -0.3 is 10.1 Å². The highest BCUT2D eigenvalue weighted by Crippen LogP contribution is 2.26. The van der Waals surface area contributed by atoms with E-state index in [9.17, 15) is 17.6 Å². The topological polar surface area (TPSA) is 75.7 Å². The number of benzene rings is 2. The molecule has 2 aromatic rings. The maximum atomic E-state index is 14.0. The number of carbonyl (C=O) groups excluding carboxylic acids is 1. The van der Waals surface area contributed by atoms with Crippen LogP contribution in [0.25, 0.3) is 0 Å². The average molecular weight is 469 g/mol. The van der Waals surface area contributed by atoms with Crippen molar-refractivity contribution in [3.8, 4) is 5.75 Å². The number of hydrogen-bond donors (Lipinski definition) is 1. The summed E-state index contributed by atoms with van der Waals surface area (Å²) in [5.74, 6) is -0.723. The molecule has 1 N–H and O–H groups in total. The van der Waals surface area contributed by atoms with E-state index in [2.05, 4.69) is 5.32 Å². The maximum absolute atomic E-state index is 14.0. The molecule has 1 saturated heterocycles. The molecule has 0 saturated carbocycles. The number of nitrogens with zero attached hydrogens (tertiary/aromatic N) is 1. The van der Waals surface area contributed by atoms with Crippen LogP contribution in [0.3, 0.4) is 0 Å². The number of piperidine rings is 1. The van der Waals surface area contributed by atoms with Gasteiger partial charge in [0.25, 0.3) is 0 Å². The first kappa shape index (κ1) is 23.5. The summed E-state index contributed by atoms with van der Waals surface area (Å²) in [6.07, 6.45) is 0.823. The summed E-state index contributed by atoms with van der Waals surface area (Å²) >= 11 is 5.96. The van der Waals surface area contributed by atoms with Crippen LogP contribution in [0.4, 0.5) is 4.39 Å². The van der Waals surface area contributed by atoms with Gasteiger partial charge in [0.15, 0.2) is 0 Å². The van der Waals surface area contributed by atoms with Crippen LogP contribution in [-0.4, -0.2) is 44.9 Å². The number of ether oxygens (including phenoxy) is 1. The number of amides is 1. The smallest absolute Gasteiger partial charge is 0.223 e. The molecule has 1 aliphatic heterocycles. The Balaban J connectivity index is 1.45. The first-order valence-electron chi connectivity index (χ1n) is 10.1. The zero-order valence-corrected chi connectivity index (χ0v) is 18.9. The van der Waals surface area contributed by atoms with Crippen molar-refractivity contribution in [1.82, 2.24) is 9.62 Å². The lowest BCUT2D eigenvalue weighted by atomic mass is 9.97. The van der Waals surface area contributed by atoms with E-state index in [0.717, 1.165) is 11.3 Å². The van der Waals surface area contributed by atoms with Crippen molar-refractivity contribution in [3.05, 3.63) is 64.4 Å². The van der Waals surface area contributed by atoms with Gasteiger partial charge in [0.05, 0.1) is 12.3 Å². The first-order valence-corrected chi connectivity index (χ1v) is 12.1. The third kappa shape index (κ3) is 6.18. The fourth-order valence-electron chi connectivity index (χ4n) is 3.54. The minimum absolute atomic E-state index is 0.0299. The Hall–Kier alpha value is -2.16. The lowest BCUT2D eigenvalue weighted by Crippen LogP contribution is -2.44. The van der Waals surface area contributed by atoms with E-state index < -0.39 is 21.6 Å². The van der Waals surface area contributed by atoms with Crippen LogP contribution in [0.15, 0.2) is 42.5 Å². The fourth-order valence-corrected chi connectivity index (χ4v) is 5.45. The Kier molecular flexibility index (Phi) is 7.91. The SMILES string of the molecule is Cc1ccccc1OCCNC(=O)C1CCN(S(=O)(=O)Cc2c(F)cccc2Cl)CC1. The molecule has 2 aromatic carbocycles. The molecule has 3 rings (SSSR count). The second kappa shape index (κ2) is 10.4. The van der Waals surface area contributed by atoms with E-state index in [-0.39, 0.29) is 35.5 Å². The Labute approximate surface area is 187 Å². The molecule has 0 spiro atoms.